The first kappa shape index (κ1) is 20.4. The quantitative estimate of drug-likeness (QED) is 0.604. The maximum atomic E-state index is 12.5. The highest BCUT2D eigenvalue weighted by Gasteiger charge is 2.19. The van der Waals surface area contributed by atoms with Crippen LogP contribution in [0.1, 0.15) is 34.1 Å². The third-order valence-electron chi connectivity index (χ3n) is 4.68. The van der Waals surface area contributed by atoms with Crippen LogP contribution < -0.4 is 14.8 Å². The van der Waals surface area contributed by atoms with Crippen molar-refractivity contribution in [2.24, 2.45) is 0 Å². The number of nitrogens with zero attached hydrogens (tertiary/aromatic N) is 2. The zero-order valence-electron chi connectivity index (χ0n) is 17.3. The van der Waals surface area contributed by atoms with E-state index in [2.05, 4.69) is 15.3 Å². The predicted octanol–water partition coefficient (Wildman–Crippen LogP) is 4.05. The molecular weight excluding hydrogens is 370 g/mol. The van der Waals surface area contributed by atoms with Gasteiger partial charge in [0.2, 0.25) is 0 Å². The zero-order valence-corrected chi connectivity index (χ0v) is 17.3. The Morgan fingerprint density at radius 1 is 1.00 bits per heavy atom. The van der Waals surface area contributed by atoms with E-state index >= 15 is 0 Å². The lowest BCUT2D eigenvalue weighted by molar-refractivity contribution is 0.0520. The molecule has 0 atom stereocenters. The molecule has 0 amide bonds. The lowest BCUT2D eigenvalue weighted by atomic mass is 10.1. The molecule has 0 bridgehead atoms. The number of aromatic nitrogens is 2. The molecule has 0 saturated heterocycles. The van der Waals surface area contributed by atoms with Crippen molar-refractivity contribution >= 4 is 22.8 Å². The van der Waals surface area contributed by atoms with Crippen LogP contribution in [0.5, 0.6) is 11.5 Å². The van der Waals surface area contributed by atoms with Gasteiger partial charge in [-0.15, -0.1) is 0 Å². The molecule has 1 aromatic heterocycles. The third-order valence-corrected chi connectivity index (χ3v) is 4.68. The van der Waals surface area contributed by atoms with Gasteiger partial charge < -0.3 is 19.5 Å². The van der Waals surface area contributed by atoms with Gasteiger partial charge in [-0.2, -0.15) is 0 Å². The number of carbonyl (C=O) groups excluding carboxylic acids is 1. The summed E-state index contributed by atoms with van der Waals surface area (Å²) in [5, 5.41) is 3.21. The summed E-state index contributed by atoms with van der Waals surface area (Å²) in [6, 6.07) is 9.42. The summed E-state index contributed by atoms with van der Waals surface area (Å²) in [6.07, 6.45) is 0. The molecule has 7 heteroatoms. The third kappa shape index (κ3) is 4.39. The van der Waals surface area contributed by atoms with Crippen LogP contribution in [0.3, 0.4) is 0 Å². The first-order chi connectivity index (χ1) is 14.0. The van der Waals surface area contributed by atoms with Crippen LogP contribution in [0.2, 0.25) is 0 Å². The van der Waals surface area contributed by atoms with E-state index in [-0.39, 0.29) is 12.3 Å². The minimum atomic E-state index is -0.514. The number of carbonyl (C=O) groups is 1. The Labute approximate surface area is 170 Å². The van der Waals surface area contributed by atoms with Gasteiger partial charge >= 0.3 is 5.97 Å². The molecule has 29 heavy (non-hydrogen) atoms. The number of benzene rings is 2. The highest BCUT2D eigenvalue weighted by molar-refractivity contribution is 5.95. The lowest BCUT2D eigenvalue weighted by Gasteiger charge is -2.14. The van der Waals surface area contributed by atoms with Crippen molar-refractivity contribution in [3.8, 4) is 11.5 Å². The van der Waals surface area contributed by atoms with Gasteiger partial charge in [-0.1, -0.05) is 0 Å². The van der Waals surface area contributed by atoms with Gasteiger partial charge in [-0.25, -0.2) is 14.8 Å². The van der Waals surface area contributed by atoms with Crippen LogP contribution in [0, 0.1) is 13.8 Å². The van der Waals surface area contributed by atoms with E-state index in [0.29, 0.717) is 34.9 Å². The van der Waals surface area contributed by atoms with E-state index in [0.717, 1.165) is 16.7 Å². The Balaban J connectivity index is 2.02. The van der Waals surface area contributed by atoms with Crippen LogP contribution in [0.4, 0.5) is 5.82 Å². The minimum Gasteiger partial charge on any atom is -0.497 e. The number of rotatable bonds is 7. The van der Waals surface area contributed by atoms with Gasteiger partial charge in [0.1, 0.15) is 11.5 Å². The molecule has 0 spiro atoms. The predicted molar refractivity (Wildman–Crippen MR) is 112 cm³/mol. The number of methoxy groups -OCH3 is 2. The average molecular weight is 395 g/mol. The smallest absolute Gasteiger partial charge is 0.360 e. The summed E-state index contributed by atoms with van der Waals surface area (Å²) in [5.41, 5.74) is 4.58. The second kappa shape index (κ2) is 8.77. The molecule has 152 valence electrons. The maximum absolute atomic E-state index is 12.5. The van der Waals surface area contributed by atoms with Crippen LogP contribution in [0.15, 0.2) is 30.3 Å². The molecular formula is C22H25N3O4. The molecule has 0 saturated carbocycles. The van der Waals surface area contributed by atoms with Crippen LogP contribution >= 0.6 is 0 Å². The van der Waals surface area contributed by atoms with Gasteiger partial charge in [0.05, 0.1) is 31.9 Å². The maximum Gasteiger partial charge on any atom is 0.360 e. The molecule has 3 aromatic rings. The number of hydrogen-bond acceptors (Lipinski definition) is 7. The second-order valence-corrected chi connectivity index (χ2v) is 6.60. The molecule has 2 aromatic carbocycles. The molecule has 0 unspecified atom stereocenters. The number of fused-ring (bicyclic) bond motifs is 1. The Hall–Kier alpha value is -3.35. The molecule has 1 heterocycles. The highest BCUT2D eigenvalue weighted by atomic mass is 16.5. The number of esters is 1. The van der Waals surface area contributed by atoms with E-state index in [9.17, 15) is 4.79 Å². The lowest BCUT2D eigenvalue weighted by Crippen LogP contribution is -2.14. The van der Waals surface area contributed by atoms with Crippen molar-refractivity contribution in [2.45, 2.75) is 27.3 Å². The van der Waals surface area contributed by atoms with Crippen molar-refractivity contribution < 1.29 is 19.0 Å². The first-order valence-electron chi connectivity index (χ1n) is 9.37. The Bertz CT molecular complexity index is 1050. The fraction of sp³-hybridized carbons (Fsp3) is 0.318. The fourth-order valence-corrected chi connectivity index (χ4v) is 2.98. The summed E-state index contributed by atoms with van der Waals surface area (Å²) < 4.78 is 15.9. The average Bonchev–Trinajstić information content (AvgIpc) is 2.72. The molecule has 7 nitrogen and oxygen atoms in total. The summed E-state index contributed by atoms with van der Waals surface area (Å²) in [6.45, 7) is 6.41. The Morgan fingerprint density at radius 2 is 1.69 bits per heavy atom. The number of nitrogens with one attached hydrogen (secondary N) is 1. The van der Waals surface area contributed by atoms with Gasteiger partial charge in [0, 0.05) is 12.1 Å². The van der Waals surface area contributed by atoms with Gasteiger partial charge in [0.25, 0.3) is 0 Å². The van der Waals surface area contributed by atoms with Crippen molar-refractivity contribution in [2.75, 3.05) is 26.1 Å². The van der Waals surface area contributed by atoms with Crippen molar-refractivity contribution in [3.63, 3.8) is 0 Å². The highest BCUT2D eigenvalue weighted by Crippen LogP contribution is 2.26. The summed E-state index contributed by atoms with van der Waals surface area (Å²) in [7, 11) is 3.22. The van der Waals surface area contributed by atoms with Crippen LogP contribution in [0.25, 0.3) is 11.0 Å². The van der Waals surface area contributed by atoms with Crippen molar-refractivity contribution in [3.05, 3.63) is 52.7 Å². The van der Waals surface area contributed by atoms with E-state index in [1.54, 1.807) is 21.1 Å². The molecule has 3 rings (SSSR count). The van der Waals surface area contributed by atoms with Gasteiger partial charge in [-0.05, 0) is 62.2 Å². The van der Waals surface area contributed by atoms with Crippen LogP contribution in [-0.4, -0.2) is 36.8 Å². The SMILES string of the molecule is CCOC(=O)c1nc2cc(C)c(C)cc2nc1NCc1cc(OC)ccc1OC. The van der Waals surface area contributed by atoms with E-state index in [1.165, 1.54) is 0 Å². The fourth-order valence-electron chi connectivity index (χ4n) is 2.98. The summed E-state index contributed by atoms with van der Waals surface area (Å²) in [5.74, 6) is 1.27. The van der Waals surface area contributed by atoms with E-state index in [1.807, 2.05) is 44.2 Å². The molecule has 0 radical (unpaired) electrons. The molecule has 0 aliphatic carbocycles. The van der Waals surface area contributed by atoms with Gasteiger partial charge in [0.15, 0.2) is 11.5 Å². The molecule has 0 aliphatic heterocycles. The minimum absolute atomic E-state index is 0.157. The largest absolute Gasteiger partial charge is 0.497 e. The number of ether oxygens (including phenoxy) is 3. The number of aryl methyl sites for hydroxylation is 2. The monoisotopic (exact) mass is 395 g/mol. The van der Waals surface area contributed by atoms with E-state index < -0.39 is 5.97 Å². The molecule has 1 N–H and O–H groups in total. The normalized spacial score (nSPS) is 10.7. The summed E-state index contributed by atoms with van der Waals surface area (Å²) in [4.78, 5) is 21.7. The standard InChI is InChI=1S/C22H25N3O4/c1-6-29-22(26)20-21(25-18-10-14(3)13(2)9-17(18)24-20)23-12-15-11-16(27-4)7-8-19(15)28-5/h7-11H,6,12H2,1-5H3,(H,23,25). The van der Waals surface area contributed by atoms with Gasteiger partial charge in [-0.3, -0.25) is 0 Å². The Kier molecular flexibility index (Phi) is 6.16. The Morgan fingerprint density at radius 3 is 2.31 bits per heavy atom. The zero-order chi connectivity index (χ0) is 21.0. The van der Waals surface area contributed by atoms with E-state index in [4.69, 9.17) is 14.2 Å². The first-order valence-corrected chi connectivity index (χ1v) is 9.37. The topological polar surface area (TPSA) is 82.6 Å². The number of anilines is 1. The van der Waals surface area contributed by atoms with Crippen molar-refractivity contribution in [1.29, 1.82) is 0 Å². The molecule has 0 fully saturated rings. The molecule has 0 aliphatic rings. The van der Waals surface area contributed by atoms with Crippen molar-refractivity contribution in [1.82, 2.24) is 9.97 Å². The summed E-state index contributed by atoms with van der Waals surface area (Å²) >= 11 is 0. The number of hydrogen-bond donors (Lipinski definition) is 1. The van der Waals surface area contributed by atoms with Crippen LogP contribution in [-0.2, 0) is 11.3 Å². The second-order valence-electron chi connectivity index (χ2n) is 6.60.